The maximum absolute atomic E-state index is 13.0. The Bertz CT molecular complexity index is 960. The van der Waals surface area contributed by atoms with Gasteiger partial charge in [-0.25, -0.2) is 4.79 Å². The molecular weight excluding hydrogens is 434 g/mol. The Morgan fingerprint density at radius 3 is 2.27 bits per heavy atom. The third kappa shape index (κ3) is 6.90. The van der Waals surface area contributed by atoms with Crippen molar-refractivity contribution in [1.29, 1.82) is 0 Å². The smallest absolute Gasteiger partial charge is 0.321 e. The van der Waals surface area contributed by atoms with Crippen molar-refractivity contribution < 1.29 is 9.59 Å². The molecule has 2 aromatic rings. The largest absolute Gasteiger partial charge is 0.322 e. The molecule has 0 heterocycles. The minimum Gasteiger partial charge on any atom is -0.321 e. The number of urea groups is 1. The maximum atomic E-state index is 13.0. The molecule has 0 saturated carbocycles. The van der Waals surface area contributed by atoms with Crippen LogP contribution in [-0.2, 0) is 17.6 Å². The van der Waals surface area contributed by atoms with E-state index < -0.39 is 11.2 Å². The molecule has 0 saturated heterocycles. The van der Waals surface area contributed by atoms with Gasteiger partial charge in [0.25, 0.3) is 5.91 Å². The van der Waals surface area contributed by atoms with Crippen molar-refractivity contribution in [3.8, 4) is 0 Å². The Hall–Kier alpha value is -2.67. The Morgan fingerprint density at radius 1 is 1.06 bits per heavy atom. The molecule has 0 aliphatic heterocycles. The number of hydrogen-bond acceptors (Lipinski definition) is 4. The monoisotopic (exact) mass is 469 g/mol. The van der Waals surface area contributed by atoms with Gasteiger partial charge in [0, 0.05) is 28.3 Å². The van der Waals surface area contributed by atoms with Crippen molar-refractivity contribution in [2.45, 2.75) is 76.5 Å². The molecule has 6 nitrogen and oxygen atoms in total. The molecule has 2 atom stereocenters. The molecule has 7 heteroatoms. The average molecular weight is 470 g/mol. The van der Waals surface area contributed by atoms with Gasteiger partial charge < -0.3 is 10.2 Å². The second kappa shape index (κ2) is 12.5. The lowest BCUT2D eigenvalue weighted by Gasteiger charge is -2.28. The lowest BCUT2D eigenvalue weighted by Crippen LogP contribution is -2.43. The number of hydrogen-bond donors (Lipinski definition) is 1. The van der Waals surface area contributed by atoms with Crippen molar-refractivity contribution in [2.24, 2.45) is 5.18 Å². The summed E-state index contributed by atoms with van der Waals surface area (Å²) in [6.45, 7) is 12.6. The first-order valence-electron chi connectivity index (χ1n) is 11.7. The molecule has 2 unspecified atom stereocenters. The molecule has 0 fully saturated rings. The van der Waals surface area contributed by atoms with Crippen LogP contribution in [0.3, 0.4) is 0 Å². The number of nitrogens with zero attached hydrogens (tertiary/aromatic N) is 2. The van der Waals surface area contributed by atoms with Crippen LogP contribution in [0.4, 0.5) is 10.5 Å². The van der Waals surface area contributed by atoms with E-state index in [0.717, 1.165) is 23.4 Å². The molecule has 0 radical (unpaired) electrons. The first-order chi connectivity index (χ1) is 15.8. The lowest BCUT2D eigenvalue weighted by atomic mass is 10.0. The summed E-state index contributed by atoms with van der Waals surface area (Å²) in [4.78, 5) is 37.7. The van der Waals surface area contributed by atoms with Crippen molar-refractivity contribution in [2.75, 3.05) is 11.9 Å². The lowest BCUT2D eigenvalue weighted by molar-refractivity contribution is -0.117. The Labute approximate surface area is 201 Å². The number of carbonyl (C=O) groups is 2. The summed E-state index contributed by atoms with van der Waals surface area (Å²) in [6.07, 6.45) is 1.57. The molecule has 1 aliphatic carbocycles. The van der Waals surface area contributed by atoms with Crippen LogP contribution < -0.4 is 5.32 Å². The summed E-state index contributed by atoms with van der Waals surface area (Å²) < 4.78 is 0. The zero-order valence-electron chi connectivity index (χ0n) is 20.4. The topological polar surface area (TPSA) is 78.8 Å². The normalized spacial score (nSPS) is 15.2. The van der Waals surface area contributed by atoms with Crippen molar-refractivity contribution in [3.05, 3.63) is 64.1 Å². The van der Waals surface area contributed by atoms with Gasteiger partial charge in [0.15, 0.2) is 0 Å². The molecule has 33 heavy (non-hydrogen) atoms. The fourth-order valence-electron chi connectivity index (χ4n) is 3.91. The minimum absolute atomic E-state index is 0.0888. The molecule has 0 bridgehead atoms. The van der Waals surface area contributed by atoms with Crippen LogP contribution in [0.15, 0.2) is 52.5 Å². The number of thioether (sulfide) groups is 1. The number of nitroso groups, excluding NO2 is 1. The van der Waals surface area contributed by atoms with Crippen LogP contribution in [0.2, 0.25) is 0 Å². The van der Waals surface area contributed by atoms with E-state index in [0.29, 0.717) is 12.5 Å². The second-order valence-corrected chi connectivity index (χ2v) is 9.59. The van der Waals surface area contributed by atoms with Crippen LogP contribution >= 0.6 is 11.8 Å². The Morgan fingerprint density at radius 2 is 1.70 bits per heavy atom. The molecule has 0 aromatic heterocycles. The van der Waals surface area contributed by atoms with Gasteiger partial charge in [0.2, 0.25) is 0 Å². The van der Waals surface area contributed by atoms with Crippen molar-refractivity contribution in [3.63, 3.8) is 0 Å². The number of likely N-dealkylation sites (N-methyl/N-ethyl adjacent to an activating group) is 1. The van der Waals surface area contributed by atoms with Crippen LogP contribution in [0.25, 0.3) is 0 Å². The van der Waals surface area contributed by atoms with Crippen LogP contribution in [0, 0.1) is 4.91 Å². The van der Waals surface area contributed by atoms with E-state index in [1.54, 1.807) is 6.92 Å². The molecule has 2 aromatic carbocycles. The zero-order chi connectivity index (χ0) is 24.5. The number of nitrogens with one attached hydrogen (secondary N) is 1. The summed E-state index contributed by atoms with van der Waals surface area (Å²) in [6, 6.07) is 14.1. The molecule has 1 N–H and O–H groups in total. The van der Waals surface area contributed by atoms with Crippen molar-refractivity contribution >= 4 is 29.4 Å². The average Bonchev–Trinajstić information content (AvgIpc) is 3.23. The van der Waals surface area contributed by atoms with Crippen LogP contribution in [-0.4, -0.2) is 34.7 Å². The Balaban J connectivity index is 0.00000187. The zero-order valence-corrected chi connectivity index (χ0v) is 21.2. The number of amides is 3. The van der Waals surface area contributed by atoms with Gasteiger partial charge >= 0.3 is 6.03 Å². The minimum atomic E-state index is -0.654. The third-order valence-corrected chi connectivity index (χ3v) is 6.79. The van der Waals surface area contributed by atoms with E-state index in [4.69, 9.17) is 0 Å². The third-order valence-electron chi connectivity index (χ3n) is 5.71. The SMILES string of the molecule is CC.CCN(C(=O)Nc1ccc(C(C)C)cc1)C1Cc2ccc(SC(C)C(=O)N=O)cc2C1. The van der Waals surface area contributed by atoms with Crippen molar-refractivity contribution in [1.82, 2.24) is 4.90 Å². The van der Waals surface area contributed by atoms with Gasteiger partial charge in [0.1, 0.15) is 0 Å². The highest BCUT2D eigenvalue weighted by molar-refractivity contribution is 8.00. The van der Waals surface area contributed by atoms with Gasteiger partial charge in [-0.1, -0.05) is 45.9 Å². The quantitative estimate of drug-likeness (QED) is 0.364. The number of carbonyl (C=O) groups excluding carboxylic acids is 2. The molecule has 1 aliphatic rings. The summed E-state index contributed by atoms with van der Waals surface area (Å²) in [5.41, 5.74) is 4.44. The van der Waals surface area contributed by atoms with Crippen LogP contribution in [0.1, 0.15) is 64.2 Å². The highest BCUT2D eigenvalue weighted by Gasteiger charge is 2.29. The molecule has 178 valence electrons. The predicted octanol–water partition coefficient (Wildman–Crippen LogP) is 6.63. The maximum Gasteiger partial charge on any atom is 0.322 e. The van der Waals surface area contributed by atoms with Gasteiger partial charge in [-0.05, 0) is 73.6 Å². The Kier molecular flexibility index (Phi) is 10.1. The summed E-state index contributed by atoms with van der Waals surface area (Å²) in [5.74, 6) is -0.202. The fraction of sp³-hybridized carbons (Fsp3) is 0.462. The first kappa shape index (κ1) is 26.6. The molecule has 0 spiro atoms. The van der Waals surface area contributed by atoms with Gasteiger partial charge in [-0.3, -0.25) is 4.79 Å². The van der Waals surface area contributed by atoms with Gasteiger partial charge in [0.05, 0.1) is 5.25 Å². The van der Waals surface area contributed by atoms with Gasteiger partial charge in [-0.2, -0.15) is 0 Å². The summed E-state index contributed by atoms with van der Waals surface area (Å²) in [7, 11) is 0. The van der Waals surface area contributed by atoms with E-state index in [2.05, 4.69) is 36.5 Å². The number of anilines is 1. The molecule has 3 amide bonds. The number of benzene rings is 2. The highest BCUT2D eigenvalue weighted by atomic mass is 32.2. The predicted molar refractivity (Wildman–Crippen MR) is 137 cm³/mol. The molecular formula is C26H35N3O3S. The highest BCUT2D eigenvalue weighted by Crippen LogP contribution is 2.32. The summed E-state index contributed by atoms with van der Waals surface area (Å²) >= 11 is 1.33. The van der Waals surface area contributed by atoms with E-state index in [1.165, 1.54) is 28.5 Å². The molecule has 3 rings (SSSR count). The summed E-state index contributed by atoms with van der Waals surface area (Å²) in [5, 5.41) is 5.03. The number of rotatable bonds is 7. The fourth-order valence-corrected chi connectivity index (χ4v) is 4.82. The van der Waals surface area contributed by atoms with Crippen LogP contribution in [0.5, 0.6) is 0 Å². The van der Waals surface area contributed by atoms with E-state index in [-0.39, 0.29) is 12.1 Å². The second-order valence-electron chi connectivity index (χ2n) is 8.18. The standard InChI is InChI=1S/C24H29N3O3S.C2H6/c1-5-27(24(29)25-20-9-6-17(7-10-20)15(2)3)21-12-18-8-11-22(14-19(18)13-21)31-16(4)23(28)26-30;1-2/h6-11,14-16,21H,5,12-13H2,1-4H3,(H,25,29);1-2H3. The van der Waals surface area contributed by atoms with E-state index in [9.17, 15) is 14.5 Å². The van der Waals surface area contributed by atoms with Gasteiger partial charge in [-0.15, -0.1) is 16.7 Å². The first-order valence-corrected chi connectivity index (χ1v) is 12.5. The van der Waals surface area contributed by atoms with E-state index in [1.807, 2.05) is 56.0 Å². The number of fused-ring (bicyclic) bond motifs is 1. The van der Waals surface area contributed by atoms with E-state index >= 15 is 0 Å².